The van der Waals surface area contributed by atoms with E-state index >= 15 is 0 Å². The lowest BCUT2D eigenvalue weighted by molar-refractivity contribution is -0.140. The number of carbonyl (C=O) groups is 2. The normalized spacial score (nSPS) is 11.8. The van der Waals surface area contributed by atoms with Crippen molar-refractivity contribution >= 4 is 43.5 Å². The molecule has 4 rings (SSSR count). The molecule has 0 radical (unpaired) electrons. The van der Waals surface area contributed by atoms with Gasteiger partial charge in [-0.2, -0.15) is 0 Å². The number of hydrogen-bond donors (Lipinski definition) is 1. The number of nitrogens with zero attached hydrogens (tertiary/aromatic N) is 2. The highest BCUT2D eigenvalue weighted by molar-refractivity contribution is 9.10. The first-order valence-electron chi connectivity index (χ1n) is 14.3. The molecular weight excluding hydrogens is 642 g/mol. The van der Waals surface area contributed by atoms with Crippen LogP contribution in [0, 0.1) is 0 Å². The first-order chi connectivity index (χ1) is 21.2. The number of nitrogens with one attached hydrogen (secondary N) is 1. The summed E-state index contributed by atoms with van der Waals surface area (Å²) in [6, 6.07) is 30.5. The summed E-state index contributed by atoms with van der Waals surface area (Å²) in [5.41, 5.74) is 1.93. The molecule has 0 unspecified atom stereocenters. The average molecular weight is 679 g/mol. The Morgan fingerprint density at radius 1 is 0.864 bits per heavy atom. The zero-order valence-corrected chi connectivity index (χ0v) is 27.1. The maximum absolute atomic E-state index is 14.4. The van der Waals surface area contributed by atoms with Gasteiger partial charge in [-0.05, 0) is 66.1 Å². The van der Waals surface area contributed by atoms with Gasteiger partial charge in [0.15, 0.2) is 0 Å². The topological polar surface area (TPSA) is 96.0 Å². The molecule has 230 valence electrons. The third kappa shape index (κ3) is 8.48. The van der Waals surface area contributed by atoms with Crippen LogP contribution in [0.25, 0.3) is 0 Å². The van der Waals surface area contributed by atoms with Gasteiger partial charge in [0.2, 0.25) is 11.8 Å². The Kier molecular flexibility index (Phi) is 11.6. The fourth-order valence-corrected chi connectivity index (χ4v) is 6.44. The number of sulfonamides is 1. The Morgan fingerprint density at radius 3 is 2.14 bits per heavy atom. The van der Waals surface area contributed by atoms with Crippen LogP contribution >= 0.6 is 15.9 Å². The molecule has 0 aliphatic carbocycles. The molecule has 0 saturated heterocycles. The molecule has 44 heavy (non-hydrogen) atoms. The van der Waals surface area contributed by atoms with Gasteiger partial charge in [-0.1, -0.05) is 83.5 Å². The Bertz CT molecular complexity index is 1630. The van der Waals surface area contributed by atoms with Gasteiger partial charge >= 0.3 is 0 Å². The molecule has 8 nitrogen and oxygen atoms in total. The highest BCUT2D eigenvalue weighted by Gasteiger charge is 2.34. The Labute approximate surface area is 267 Å². The Balaban J connectivity index is 1.79. The highest BCUT2D eigenvalue weighted by Crippen LogP contribution is 2.27. The van der Waals surface area contributed by atoms with Crippen molar-refractivity contribution < 1.29 is 22.7 Å². The molecule has 4 aromatic rings. The number of amides is 2. The smallest absolute Gasteiger partial charge is 0.264 e. The van der Waals surface area contributed by atoms with E-state index < -0.39 is 28.5 Å². The van der Waals surface area contributed by atoms with Crippen molar-refractivity contribution in [3.8, 4) is 5.75 Å². The van der Waals surface area contributed by atoms with E-state index in [-0.39, 0.29) is 23.8 Å². The van der Waals surface area contributed by atoms with Crippen molar-refractivity contribution in [2.45, 2.75) is 37.2 Å². The summed E-state index contributed by atoms with van der Waals surface area (Å²) in [5.74, 6) is -0.232. The SMILES string of the molecule is CCCNC(=O)[C@@H](Cc1ccccc1)N(Cc1cccc(OC)c1)C(=O)CN(c1ccc(Br)cc1)S(=O)(=O)c1ccccc1. The fourth-order valence-electron chi connectivity index (χ4n) is 4.74. The highest BCUT2D eigenvalue weighted by atomic mass is 79.9. The maximum atomic E-state index is 14.4. The van der Waals surface area contributed by atoms with E-state index in [0.717, 1.165) is 26.3 Å². The summed E-state index contributed by atoms with van der Waals surface area (Å²) in [6.07, 6.45) is 0.968. The van der Waals surface area contributed by atoms with E-state index in [1.165, 1.54) is 17.0 Å². The zero-order chi connectivity index (χ0) is 31.5. The van der Waals surface area contributed by atoms with Crippen LogP contribution < -0.4 is 14.4 Å². The second-order valence-electron chi connectivity index (χ2n) is 10.2. The van der Waals surface area contributed by atoms with E-state index in [1.54, 1.807) is 61.7 Å². The fraction of sp³-hybridized carbons (Fsp3) is 0.235. The monoisotopic (exact) mass is 677 g/mol. The van der Waals surface area contributed by atoms with Crippen molar-refractivity contribution in [2.24, 2.45) is 0 Å². The number of halogens is 1. The third-order valence-electron chi connectivity index (χ3n) is 7.03. The molecule has 10 heteroatoms. The second kappa shape index (κ2) is 15.5. The van der Waals surface area contributed by atoms with Gasteiger partial charge in [-0.15, -0.1) is 0 Å². The predicted molar refractivity (Wildman–Crippen MR) is 176 cm³/mol. The predicted octanol–water partition coefficient (Wildman–Crippen LogP) is 5.82. The number of hydrogen-bond acceptors (Lipinski definition) is 5. The largest absolute Gasteiger partial charge is 0.497 e. The summed E-state index contributed by atoms with van der Waals surface area (Å²) in [4.78, 5) is 29.7. The molecule has 0 spiro atoms. The number of rotatable bonds is 14. The van der Waals surface area contributed by atoms with Crippen molar-refractivity contribution in [3.05, 3.63) is 125 Å². The molecule has 0 aliphatic heterocycles. The quantitative estimate of drug-likeness (QED) is 0.182. The standard InChI is InChI=1S/C34H36BrN3O5S/c1-3-21-36-34(40)32(23-26-11-6-4-7-12-26)37(24-27-13-10-14-30(22-27)43-2)33(39)25-38(29-19-17-28(35)18-20-29)44(41,42)31-15-8-5-9-16-31/h4-20,22,32H,3,21,23-25H2,1-2H3,(H,36,40)/t32-/m1/s1. The Hall–Kier alpha value is -4.15. The molecule has 0 saturated carbocycles. The van der Waals surface area contributed by atoms with Crippen LogP contribution in [-0.4, -0.2) is 51.4 Å². The lowest BCUT2D eigenvalue weighted by atomic mass is 10.0. The van der Waals surface area contributed by atoms with Crippen LogP contribution in [0.5, 0.6) is 5.75 Å². The van der Waals surface area contributed by atoms with Gasteiger partial charge in [0.25, 0.3) is 10.0 Å². The van der Waals surface area contributed by atoms with Crippen LogP contribution in [0.3, 0.4) is 0 Å². The summed E-state index contributed by atoms with van der Waals surface area (Å²) >= 11 is 3.40. The number of benzene rings is 4. The maximum Gasteiger partial charge on any atom is 0.264 e. The summed E-state index contributed by atoms with van der Waals surface area (Å²) < 4.78 is 35.3. The molecule has 4 aromatic carbocycles. The van der Waals surface area contributed by atoms with Crippen molar-refractivity contribution in [2.75, 3.05) is 24.5 Å². The number of anilines is 1. The Morgan fingerprint density at radius 2 is 1.50 bits per heavy atom. The molecule has 2 amide bonds. The summed E-state index contributed by atoms with van der Waals surface area (Å²) in [7, 11) is -2.59. The van der Waals surface area contributed by atoms with Gasteiger partial charge in [-0.3, -0.25) is 13.9 Å². The van der Waals surface area contributed by atoms with Gasteiger partial charge in [0.05, 0.1) is 17.7 Å². The van der Waals surface area contributed by atoms with E-state index in [0.29, 0.717) is 18.0 Å². The van der Waals surface area contributed by atoms with Crippen LogP contribution in [0.1, 0.15) is 24.5 Å². The summed E-state index contributed by atoms with van der Waals surface area (Å²) in [6.45, 7) is 1.94. The first kappa shape index (κ1) is 32.8. The lowest BCUT2D eigenvalue weighted by Crippen LogP contribution is -2.53. The average Bonchev–Trinajstić information content (AvgIpc) is 3.05. The molecule has 0 aromatic heterocycles. The van der Waals surface area contributed by atoms with Crippen molar-refractivity contribution in [1.82, 2.24) is 10.2 Å². The van der Waals surface area contributed by atoms with Gasteiger partial charge in [0.1, 0.15) is 18.3 Å². The minimum Gasteiger partial charge on any atom is -0.497 e. The third-order valence-corrected chi connectivity index (χ3v) is 9.35. The number of ether oxygens (including phenoxy) is 1. The zero-order valence-electron chi connectivity index (χ0n) is 24.7. The molecule has 1 N–H and O–H groups in total. The second-order valence-corrected chi connectivity index (χ2v) is 12.9. The van der Waals surface area contributed by atoms with Gasteiger partial charge < -0.3 is 15.0 Å². The number of carbonyl (C=O) groups excluding carboxylic acids is 2. The van der Waals surface area contributed by atoms with E-state index in [1.807, 2.05) is 49.4 Å². The molecule has 0 fully saturated rings. The molecule has 0 aliphatic rings. The lowest BCUT2D eigenvalue weighted by Gasteiger charge is -2.34. The van der Waals surface area contributed by atoms with Gasteiger partial charge in [0, 0.05) is 24.0 Å². The van der Waals surface area contributed by atoms with Crippen molar-refractivity contribution in [1.29, 1.82) is 0 Å². The molecule has 0 heterocycles. The minimum absolute atomic E-state index is 0.0524. The van der Waals surface area contributed by atoms with Crippen LogP contribution in [0.4, 0.5) is 5.69 Å². The van der Waals surface area contributed by atoms with Gasteiger partial charge in [-0.25, -0.2) is 8.42 Å². The first-order valence-corrected chi connectivity index (χ1v) is 16.5. The molecule has 1 atom stereocenters. The van der Waals surface area contributed by atoms with Crippen LogP contribution in [0.15, 0.2) is 119 Å². The van der Waals surface area contributed by atoms with Crippen LogP contribution in [0.2, 0.25) is 0 Å². The van der Waals surface area contributed by atoms with E-state index in [2.05, 4.69) is 21.2 Å². The van der Waals surface area contributed by atoms with E-state index in [4.69, 9.17) is 4.74 Å². The number of methoxy groups -OCH3 is 1. The van der Waals surface area contributed by atoms with Crippen molar-refractivity contribution in [3.63, 3.8) is 0 Å². The molecule has 0 bridgehead atoms. The van der Waals surface area contributed by atoms with E-state index in [9.17, 15) is 18.0 Å². The summed E-state index contributed by atoms with van der Waals surface area (Å²) in [5, 5.41) is 2.95. The minimum atomic E-state index is -4.15. The van der Waals surface area contributed by atoms with Crippen LogP contribution in [-0.2, 0) is 32.6 Å². The molecular formula is C34H36BrN3O5S.